The average molecular weight is 296 g/mol. The summed E-state index contributed by atoms with van der Waals surface area (Å²) in [6.45, 7) is 3.10. The number of rotatable bonds is 5. The molecule has 1 rings (SSSR count). The van der Waals surface area contributed by atoms with Gasteiger partial charge in [0, 0.05) is 17.6 Å². The largest absolute Gasteiger partial charge is 0.409 e. The normalized spacial score (nSPS) is 16.4. The molecule has 0 spiro atoms. The van der Waals surface area contributed by atoms with Crippen LogP contribution in [0.15, 0.2) is 11.4 Å². The molecular weight excluding hydrogens is 281 g/mol. The Morgan fingerprint density at radius 2 is 2.26 bits per heavy atom. The molecule has 108 valence electrons. The summed E-state index contributed by atoms with van der Waals surface area (Å²) < 4.78 is 38.1. The van der Waals surface area contributed by atoms with E-state index in [4.69, 9.17) is 10.9 Å². The van der Waals surface area contributed by atoms with Crippen molar-refractivity contribution in [3.63, 3.8) is 0 Å². The van der Waals surface area contributed by atoms with Crippen molar-refractivity contribution in [2.75, 3.05) is 6.54 Å². The first-order valence-electron chi connectivity index (χ1n) is 5.45. The summed E-state index contributed by atoms with van der Waals surface area (Å²) in [6.07, 6.45) is -2.91. The lowest BCUT2D eigenvalue weighted by molar-refractivity contribution is -0.155. The van der Waals surface area contributed by atoms with E-state index in [0.29, 0.717) is 5.01 Å². The zero-order valence-corrected chi connectivity index (χ0v) is 11.2. The van der Waals surface area contributed by atoms with Gasteiger partial charge in [-0.05, 0) is 13.8 Å². The van der Waals surface area contributed by atoms with Crippen molar-refractivity contribution in [2.24, 2.45) is 16.8 Å². The molecule has 0 aliphatic heterocycles. The van der Waals surface area contributed by atoms with E-state index in [-0.39, 0.29) is 6.04 Å². The lowest BCUT2D eigenvalue weighted by atomic mass is 10.1. The van der Waals surface area contributed by atoms with Crippen LogP contribution in [0.5, 0.6) is 0 Å². The third-order valence-corrected chi connectivity index (χ3v) is 3.60. The number of nitrogens with zero attached hydrogens (tertiary/aromatic N) is 2. The Bertz CT molecular complexity index is 446. The van der Waals surface area contributed by atoms with Crippen molar-refractivity contribution in [1.82, 2.24) is 10.3 Å². The Hall–Kier alpha value is -1.35. The molecule has 2 unspecified atom stereocenters. The summed E-state index contributed by atoms with van der Waals surface area (Å²) in [7, 11) is 0. The van der Waals surface area contributed by atoms with Crippen molar-refractivity contribution >= 4 is 17.2 Å². The van der Waals surface area contributed by atoms with Crippen LogP contribution in [0.3, 0.4) is 0 Å². The highest BCUT2D eigenvalue weighted by molar-refractivity contribution is 7.11. The number of hydrogen-bond donors (Lipinski definition) is 3. The molecule has 9 heteroatoms. The molecule has 0 saturated carbocycles. The molecule has 0 aliphatic carbocycles. The van der Waals surface area contributed by atoms with Gasteiger partial charge >= 0.3 is 6.18 Å². The maximum Gasteiger partial charge on any atom is 0.400 e. The van der Waals surface area contributed by atoms with Gasteiger partial charge in [-0.3, -0.25) is 0 Å². The first-order chi connectivity index (χ1) is 8.75. The molecule has 0 aromatic carbocycles. The lowest BCUT2D eigenvalue weighted by Crippen LogP contribution is -2.43. The van der Waals surface area contributed by atoms with E-state index in [1.54, 1.807) is 13.1 Å². The van der Waals surface area contributed by atoms with Crippen LogP contribution in [-0.2, 0) is 0 Å². The van der Waals surface area contributed by atoms with E-state index in [2.05, 4.69) is 15.5 Å². The van der Waals surface area contributed by atoms with Crippen molar-refractivity contribution in [2.45, 2.75) is 26.1 Å². The smallest absolute Gasteiger partial charge is 0.400 e. The van der Waals surface area contributed by atoms with Crippen LogP contribution in [-0.4, -0.2) is 28.7 Å². The fourth-order valence-electron chi connectivity index (χ4n) is 1.41. The first kappa shape index (κ1) is 15.7. The van der Waals surface area contributed by atoms with Gasteiger partial charge in [-0.25, -0.2) is 4.98 Å². The zero-order chi connectivity index (χ0) is 14.6. The second-order valence-corrected chi connectivity index (χ2v) is 5.32. The Kier molecular flexibility index (Phi) is 5.12. The van der Waals surface area contributed by atoms with Crippen molar-refractivity contribution in [1.29, 1.82) is 0 Å². The Balaban J connectivity index is 2.67. The van der Waals surface area contributed by atoms with Crippen molar-refractivity contribution in [3.8, 4) is 0 Å². The third-order valence-electron chi connectivity index (χ3n) is 2.51. The van der Waals surface area contributed by atoms with Crippen LogP contribution in [0.1, 0.15) is 22.9 Å². The molecule has 1 aromatic heterocycles. The fourth-order valence-corrected chi connectivity index (χ4v) is 2.21. The SMILES string of the molecule is Cc1cnc(C(C)NCC(/C(N)=N/O)C(F)(F)F)s1. The predicted molar refractivity (Wildman–Crippen MR) is 66.2 cm³/mol. The molecule has 0 bridgehead atoms. The maximum absolute atomic E-state index is 12.7. The van der Waals surface area contributed by atoms with Gasteiger partial charge in [-0.1, -0.05) is 5.16 Å². The maximum atomic E-state index is 12.7. The second kappa shape index (κ2) is 6.20. The van der Waals surface area contributed by atoms with Gasteiger partial charge in [0.25, 0.3) is 0 Å². The number of thiazole rings is 1. The zero-order valence-electron chi connectivity index (χ0n) is 10.4. The molecule has 0 fully saturated rings. The second-order valence-electron chi connectivity index (χ2n) is 4.06. The number of amidine groups is 1. The monoisotopic (exact) mass is 296 g/mol. The molecule has 0 aliphatic rings. The summed E-state index contributed by atoms with van der Waals surface area (Å²) in [4.78, 5) is 5.06. The molecule has 2 atom stereocenters. The molecule has 0 amide bonds. The van der Waals surface area contributed by atoms with Gasteiger partial charge in [-0.2, -0.15) is 13.2 Å². The predicted octanol–water partition coefficient (Wildman–Crippen LogP) is 2.03. The molecule has 0 saturated heterocycles. The van der Waals surface area contributed by atoms with Gasteiger partial charge < -0.3 is 16.3 Å². The standard InChI is InChI=1S/C10H15F3N4OS/c1-5-3-16-9(19-5)6(2)15-4-7(8(14)17-18)10(11,12)13/h3,6-7,15,18H,4H2,1-2H3,(H2,14,17). The molecule has 5 nitrogen and oxygen atoms in total. The highest BCUT2D eigenvalue weighted by Crippen LogP contribution is 2.27. The van der Waals surface area contributed by atoms with Gasteiger partial charge in [0.15, 0.2) is 5.84 Å². The molecule has 1 heterocycles. The van der Waals surface area contributed by atoms with Crippen LogP contribution in [0, 0.1) is 12.8 Å². The number of nitrogens with two attached hydrogens (primary N) is 1. The highest BCUT2D eigenvalue weighted by atomic mass is 32.1. The number of halogens is 3. The van der Waals surface area contributed by atoms with Crippen LogP contribution >= 0.6 is 11.3 Å². The van der Waals surface area contributed by atoms with E-state index >= 15 is 0 Å². The average Bonchev–Trinajstić information content (AvgIpc) is 2.73. The summed E-state index contributed by atoms with van der Waals surface area (Å²) in [6, 6.07) is -0.338. The Morgan fingerprint density at radius 1 is 1.63 bits per heavy atom. The fraction of sp³-hybridized carbons (Fsp3) is 0.600. The molecule has 0 radical (unpaired) electrons. The van der Waals surface area contributed by atoms with Crippen LogP contribution in [0.4, 0.5) is 13.2 Å². The minimum Gasteiger partial charge on any atom is -0.409 e. The van der Waals surface area contributed by atoms with Crippen LogP contribution < -0.4 is 11.1 Å². The van der Waals surface area contributed by atoms with Gasteiger partial charge in [0.2, 0.25) is 0 Å². The summed E-state index contributed by atoms with van der Waals surface area (Å²) in [5.41, 5.74) is 5.06. The van der Waals surface area contributed by atoms with Gasteiger partial charge in [0.1, 0.15) is 10.9 Å². The molecule has 19 heavy (non-hydrogen) atoms. The van der Waals surface area contributed by atoms with Gasteiger partial charge in [-0.15, -0.1) is 11.3 Å². The van der Waals surface area contributed by atoms with Gasteiger partial charge in [0.05, 0.1) is 6.04 Å². The van der Waals surface area contributed by atoms with Crippen molar-refractivity contribution < 1.29 is 18.4 Å². The van der Waals surface area contributed by atoms with Crippen LogP contribution in [0.2, 0.25) is 0 Å². The van der Waals surface area contributed by atoms with E-state index in [1.165, 1.54) is 11.3 Å². The number of alkyl halides is 3. The van der Waals surface area contributed by atoms with E-state index in [1.807, 2.05) is 6.92 Å². The summed E-state index contributed by atoms with van der Waals surface area (Å²) >= 11 is 1.40. The number of aromatic nitrogens is 1. The summed E-state index contributed by atoms with van der Waals surface area (Å²) in [5.74, 6) is -2.89. The van der Waals surface area contributed by atoms with Crippen LogP contribution in [0.25, 0.3) is 0 Å². The minimum absolute atomic E-state index is 0.338. The van der Waals surface area contributed by atoms with E-state index < -0.39 is 24.5 Å². The van der Waals surface area contributed by atoms with Crippen molar-refractivity contribution in [3.05, 3.63) is 16.1 Å². The highest BCUT2D eigenvalue weighted by Gasteiger charge is 2.42. The number of aryl methyl sites for hydroxylation is 1. The van der Waals surface area contributed by atoms with E-state index in [9.17, 15) is 13.2 Å². The van der Waals surface area contributed by atoms with E-state index in [0.717, 1.165) is 4.88 Å². The number of nitrogens with one attached hydrogen (secondary N) is 1. The Morgan fingerprint density at radius 3 is 2.68 bits per heavy atom. The lowest BCUT2D eigenvalue weighted by Gasteiger charge is -2.21. The number of oxime groups is 1. The molecular formula is C10H15F3N4OS. The minimum atomic E-state index is -4.57. The number of hydrogen-bond acceptors (Lipinski definition) is 5. The third kappa shape index (κ3) is 4.35. The summed E-state index contributed by atoms with van der Waals surface area (Å²) in [5, 5.41) is 14.2. The Labute approximate surface area is 112 Å². The molecule has 4 N–H and O–H groups in total. The molecule has 1 aromatic rings. The quantitative estimate of drug-likeness (QED) is 0.336. The first-order valence-corrected chi connectivity index (χ1v) is 6.27. The topological polar surface area (TPSA) is 83.5 Å².